The van der Waals surface area contributed by atoms with Gasteiger partial charge in [-0.05, 0) is 48.7 Å². The molecule has 82 valence electrons. The Morgan fingerprint density at radius 2 is 1.69 bits per heavy atom. The van der Waals surface area contributed by atoms with Gasteiger partial charge < -0.3 is 5.11 Å². The van der Waals surface area contributed by atoms with E-state index in [0.29, 0.717) is 5.56 Å². The molecule has 16 heavy (non-hydrogen) atoms. The van der Waals surface area contributed by atoms with Crippen LogP contribution in [0.3, 0.4) is 0 Å². The van der Waals surface area contributed by atoms with Crippen LogP contribution in [0.4, 0.5) is 4.39 Å². The van der Waals surface area contributed by atoms with E-state index in [9.17, 15) is 9.50 Å². The van der Waals surface area contributed by atoms with Crippen molar-refractivity contribution in [3.05, 3.63) is 53.3 Å². The first kappa shape index (κ1) is 10.7. The minimum absolute atomic E-state index is 0.102. The molecule has 0 aliphatic heterocycles. The summed E-state index contributed by atoms with van der Waals surface area (Å²) in [4.78, 5) is 0. The molecule has 2 heteroatoms. The molecule has 0 aliphatic rings. The zero-order valence-electron chi connectivity index (χ0n) is 9.29. The zero-order chi connectivity index (χ0) is 11.7. The van der Waals surface area contributed by atoms with Gasteiger partial charge in [0.1, 0.15) is 11.6 Å². The Morgan fingerprint density at radius 3 is 2.38 bits per heavy atom. The van der Waals surface area contributed by atoms with Crippen LogP contribution in [-0.4, -0.2) is 5.11 Å². The van der Waals surface area contributed by atoms with E-state index in [0.717, 1.165) is 11.1 Å². The third-order valence-electron chi connectivity index (χ3n) is 2.78. The van der Waals surface area contributed by atoms with Gasteiger partial charge in [-0.15, -0.1) is 0 Å². The van der Waals surface area contributed by atoms with Crippen molar-refractivity contribution >= 4 is 0 Å². The van der Waals surface area contributed by atoms with Gasteiger partial charge in [0, 0.05) is 5.56 Å². The second kappa shape index (κ2) is 3.97. The highest BCUT2D eigenvalue weighted by Crippen LogP contribution is 2.30. The van der Waals surface area contributed by atoms with Crippen molar-refractivity contribution in [2.45, 2.75) is 13.8 Å². The Kier molecular flexibility index (Phi) is 2.65. The van der Waals surface area contributed by atoms with Crippen LogP contribution in [0.15, 0.2) is 36.4 Å². The fourth-order valence-electron chi connectivity index (χ4n) is 1.65. The molecule has 2 rings (SSSR count). The van der Waals surface area contributed by atoms with Gasteiger partial charge in [-0.3, -0.25) is 0 Å². The molecule has 1 N–H and O–H groups in total. The molecule has 0 atom stereocenters. The highest BCUT2D eigenvalue weighted by Gasteiger charge is 2.06. The van der Waals surface area contributed by atoms with Gasteiger partial charge in [-0.25, -0.2) is 4.39 Å². The fraction of sp³-hybridized carbons (Fsp3) is 0.143. The van der Waals surface area contributed by atoms with Crippen molar-refractivity contribution in [2.24, 2.45) is 0 Å². The van der Waals surface area contributed by atoms with Crippen LogP contribution >= 0.6 is 0 Å². The zero-order valence-corrected chi connectivity index (χ0v) is 9.29. The highest BCUT2D eigenvalue weighted by molar-refractivity contribution is 5.70. The maximum absolute atomic E-state index is 13.1. The second-order valence-corrected chi connectivity index (χ2v) is 3.96. The lowest BCUT2D eigenvalue weighted by atomic mass is 10.00. The summed E-state index contributed by atoms with van der Waals surface area (Å²) in [6.45, 7) is 4.01. The summed E-state index contributed by atoms with van der Waals surface area (Å²) >= 11 is 0. The average molecular weight is 216 g/mol. The first-order valence-corrected chi connectivity index (χ1v) is 5.14. The summed E-state index contributed by atoms with van der Waals surface area (Å²) in [5.41, 5.74) is 3.67. The van der Waals surface area contributed by atoms with Crippen molar-refractivity contribution in [1.29, 1.82) is 0 Å². The molecule has 0 saturated heterocycles. The van der Waals surface area contributed by atoms with Gasteiger partial charge in [0.25, 0.3) is 0 Å². The number of hydrogen-bond donors (Lipinski definition) is 1. The van der Waals surface area contributed by atoms with Crippen LogP contribution in [0.1, 0.15) is 11.1 Å². The Labute approximate surface area is 94.2 Å². The third-order valence-corrected chi connectivity index (χ3v) is 2.78. The maximum atomic E-state index is 13.1. The molecule has 0 saturated carbocycles. The molecule has 0 spiro atoms. The summed E-state index contributed by atoms with van der Waals surface area (Å²) in [6, 6.07) is 9.77. The van der Waals surface area contributed by atoms with Crippen molar-refractivity contribution in [1.82, 2.24) is 0 Å². The van der Waals surface area contributed by atoms with Crippen molar-refractivity contribution in [2.75, 3.05) is 0 Å². The highest BCUT2D eigenvalue weighted by atomic mass is 19.1. The SMILES string of the molecule is Cc1ccc(-c2cc(F)ccc2O)cc1C. The van der Waals surface area contributed by atoms with Gasteiger partial charge in [0.15, 0.2) is 0 Å². The van der Waals surface area contributed by atoms with E-state index in [1.165, 1.54) is 23.8 Å². The van der Waals surface area contributed by atoms with Gasteiger partial charge >= 0.3 is 0 Å². The first-order valence-electron chi connectivity index (χ1n) is 5.14. The lowest BCUT2D eigenvalue weighted by molar-refractivity contribution is 0.475. The number of rotatable bonds is 1. The van der Waals surface area contributed by atoms with Crippen LogP contribution in [0.25, 0.3) is 11.1 Å². The normalized spacial score (nSPS) is 10.4. The maximum Gasteiger partial charge on any atom is 0.124 e. The predicted molar refractivity (Wildman–Crippen MR) is 63.0 cm³/mol. The number of benzene rings is 2. The van der Waals surface area contributed by atoms with Crippen LogP contribution in [0, 0.1) is 19.7 Å². The molecular formula is C14H13FO. The molecular weight excluding hydrogens is 203 g/mol. The molecule has 0 fully saturated rings. The quantitative estimate of drug-likeness (QED) is 0.768. The van der Waals surface area contributed by atoms with E-state index in [2.05, 4.69) is 0 Å². The number of hydrogen-bond acceptors (Lipinski definition) is 1. The second-order valence-electron chi connectivity index (χ2n) is 3.96. The van der Waals surface area contributed by atoms with E-state index in [1.807, 2.05) is 32.0 Å². The topological polar surface area (TPSA) is 20.2 Å². The van der Waals surface area contributed by atoms with E-state index in [-0.39, 0.29) is 11.6 Å². The Morgan fingerprint density at radius 1 is 0.938 bits per heavy atom. The van der Waals surface area contributed by atoms with Crippen LogP contribution in [0.5, 0.6) is 5.75 Å². The van der Waals surface area contributed by atoms with Gasteiger partial charge in [0.2, 0.25) is 0 Å². The van der Waals surface area contributed by atoms with Crippen molar-refractivity contribution in [3.63, 3.8) is 0 Å². The van der Waals surface area contributed by atoms with E-state index in [4.69, 9.17) is 0 Å². The first-order chi connectivity index (χ1) is 7.58. The molecule has 0 aromatic heterocycles. The number of phenols is 1. The summed E-state index contributed by atoms with van der Waals surface area (Å²) in [6.07, 6.45) is 0. The lowest BCUT2D eigenvalue weighted by Gasteiger charge is -2.07. The molecule has 0 radical (unpaired) electrons. The van der Waals surface area contributed by atoms with Gasteiger partial charge in [-0.2, -0.15) is 0 Å². The average Bonchev–Trinajstić information content (AvgIpc) is 2.26. The molecule has 2 aromatic carbocycles. The van der Waals surface area contributed by atoms with E-state index in [1.54, 1.807) is 0 Å². The Balaban J connectivity index is 2.58. The van der Waals surface area contributed by atoms with Gasteiger partial charge in [-0.1, -0.05) is 18.2 Å². The van der Waals surface area contributed by atoms with Crippen LogP contribution < -0.4 is 0 Å². The minimum atomic E-state index is -0.342. The smallest absolute Gasteiger partial charge is 0.124 e. The van der Waals surface area contributed by atoms with Crippen molar-refractivity contribution < 1.29 is 9.50 Å². The number of phenolic OH excluding ortho intramolecular Hbond substituents is 1. The molecule has 2 aromatic rings. The summed E-state index contributed by atoms with van der Waals surface area (Å²) in [5, 5.41) is 9.68. The lowest BCUT2D eigenvalue weighted by Crippen LogP contribution is -1.85. The molecule has 1 nitrogen and oxygen atoms in total. The Hall–Kier alpha value is -1.83. The molecule has 0 amide bonds. The van der Waals surface area contributed by atoms with E-state index >= 15 is 0 Å². The molecule has 0 heterocycles. The summed E-state index contributed by atoms with van der Waals surface area (Å²) in [7, 11) is 0. The van der Waals surface area contributed by atoms with Crippen LogP contribution in [-0.2, 0) is 0 Å². The van der Waals surface area contributed by atoms with Crippen LogP contribution in [0.2, 0.25) is 0 Å². The number of aromatic hydroxyl groups is 1. The van der Waals surface area contributed by atoms with E-state index < -0.39 is 0 Å². The fourth-order valence-corrected chi connectivity index (χ4v) is 1.65. The van der Waals surface area contributed by atoms with Crippen molar-refractivity contribution in [3.8, 4) is 16.9 Å². The number of aryl methyl sites for hydroxylation is 2. The van der Waals surface area contributed by atoms with Gasteiger partial charge in [0.05, 0.1) is 0 Å². The molecule has 0 bridgehead atoms. The molecule has 0 aliphatic carbocycles. The monoisotopic (exact) mass is 216 g/mol. The third kappa shape index (κ3) is 1.91. The molecule has 0 unspecified atom stereocenters. The summed E-state index contributed by atoms with van der Waals surface area (Å²) in [5.74, 6) is -0.240. The predicted octanol–water partition coefficient (Wildman–Crippen LogP) is 3.82. The summed E-state index contributed by atoms with van der Waals surface area (Å²) < 4.78 is 13.1. The standard InChI is InChI=1S/C14H13FO/c1-9-3-4-11(7-10(9)2)13-8-12(15)5-6-14(13)16/h3-8,16H,1-2H3. The largest absolute Gasteiger partial charge is 0.507 e. The Bertz CT molecular complexity index is 532. The minimum Gasteiger partial charge on any atom is -0.507 e. The number of halogens is 1.